The van der Waals surface area contributed by atoms with Crippen LogP contribution in [0.4, 0.5) is 0 Å². The molecule has 1 N–H and O–H groups in total. The molecule has 154 valence electrons. The van der Waals surface area contributed by atoms with Crippen LogP contribution in [0.5, 0.6) is 0 Å². The first-order valence-electron chi connectivity index (χ1n) is 10.2. The molecule has 0 spiro atoms. The Balaban J connectivity index is 1.66. The van der Waals surface area contributed by atoms with Gasteiger partial charge in [0.05, 0.1) is 17.8 Å². The van der Waals surface area contributed by atoms with E-state index in [4.69, 9.17) is 0 Å². The summed E-state index contributed by atoms with van der Waals surface area (Å²) in [5, 5.41) is 5.61. The maximum absolute atomic E-state index is 12.6. The van der Waals surface area contributed by atoms with E-state index in [1.807, 2.05) is 5.38 Å². The maximum Gasteiger partial charge on any atom is 0.262 e. The summed E-state index contributed by atoms with van der Waals surface area (Å²) in [6.45, 7) is 8.94. The average molecular weight is 412 g/mol. The van der Waals surface area contributed by atoms with Crippen molar-refractivity contribution in [2.24, 2.45) is 5.92 Å². The maximum atomic E-state index is 12.6. The van der Waals surface area contributed by atoms with Crippen LogP contribution in [0, 0.1) is 5.92 Å². The Morgan fingerprint density at radius 1 is 1.14 bits per heavy atom. The number of aryl methyl sites for hydroxylation is 1. The van der Waals surface area contributed by atoms with Crippen molar-refractivity contribution in [3.63, 3.8) is 0 Å². The summed E-state index contributed by atoms with van der Waals surface area (Å²) in [7, 11) is 0. The van der Waals surface area contributed by atoms with Gasteiger partial charge >= 0.3 is 0 Å². The first-order chi connectivity index (χ1) is 13.9. The summed E-state index contributed by atoms with van der Waals surface area (Å²) < 4.78 is 1.51. The second-order valence-electron chi connectivity index (χ2n) is 7.90. The molecule has 2 unspecified atom stereocenters. The number of carbonyl (C=O) groups excluding carboxylic acids is 1. The number of carbonyl (C=O) groups is 1. The Morgan fingerprint density at radius 3 is 2.48 bits per heavy atom. The van der Waals surface area contributed by atoms with Crippen LogP contribution in [0.15, 0.2) is 46.8 Å². The van der Waals surface area contributed by atoms with Gasteiger partial charge in [0.1, 0.15) is 4.83 Å². The number of benzene rings is 1. The standard InChI is InChI=1S/C23H29N3O2S/c1-5-16(4)17-6-8-18(9-7-17)21(15(2)3)25-20(27)10-12-26-14-24-22-19(23(26)28)11-13-29-22/h6-9,11,13-16,21H,5,10,12H2,1-4H3,(H,25,27). The first kappa shape index (κ1) is 21.2. The molecule has 5 nitrogen and oxygen atoms in total. The van der Waals surface area contributed by atoms with Gasteiger partial charge in [-0.15, -0.1) is 11.3 Å². The molecule has 6 heteroatoms. The fraction of sp³-hybridized carbons (Fsp3) is 0.435. The summed E-state index contributed by atoms with van der Waals surface area (Å²) in [6, 6.07) is 10.3. The molecule has 29 heavy (non-hydrogen) atoms. The highest BCUT2D eigenvalue weighted by Gasteiger charge is 2.19. The first-order valence-corrected chi connectivity index (χ1v) is 11.1. The summed E-state index contributed by atoms with van der Waals surface area (Å²) in [5.41, 5.74) is 2.34. The largest absolute Gasteiger partial charge is 0.349 e. The van der Waals surface area contributed by atoms with E-state index in [2.05, 4.69) is 62.3 Å². The van der Waals surface area contributed by atoms with Gasteiger partial charge in [-0.3, -0.25) is 14.2 Å². The fourth-order valence-electron chi connectivity index (χ4n) is 3.42. The van der Waals surface area contributed by atoms with E-state index in [-0.39, 0.29) is 29.8 Å². The molecule has 1 aromatic carbocycles. The molecule has 0 aliphatic carbocycles. The topological polar surface area (TPSA) is 64.0 Å². The van der Waals surface area contributed by atoms with Crippen LogP contribution in [0.3, 0.4) is 0 Å². The van der Waals surface area contributed by atoms with Crippen molar-refractivity contribution in [1.82, 2.24) is 14.9 Å². The molecule has 2 aromatic heterocycles. The molecule has 0 aliphatic rings. The van der Waals surface area contributed by atoms with E-state index in [1.54, 1.807) is 6.07 Å². The Morgan fingerprint density at radius 2 is 1.83 bits per heavy atom. The second-order valence-corrected chi connectivity index (χ2v) is 8.79. The Hall–Kier alpha value is -2.47. The van der Waals surface area contributed by atoms with Crippen LogP contribution in [-0.4, -0.2) is 15.5 Å². The molecular formula is C23H29N3O2S. The van der Waals surface area contributed by atoms with Crippen LogP contribution < -0.4 is 10.9 Å². The van der Waals surface area contributed by atoms with Crippen LogP contribution in [-0.2, 0) is 11.3 Å². The molecule has 2 atom stereocenters. The quantitative estimate of drug-likeness (QED) is 0.575. The lowest BCUT2D eigenvalue weighted by Crippen LogP contribution is -2.33. The van der Waals surface area contributed by atoms with Gasteiger partial charge in [-0.1, -0.05) is 52.0 Å². The van der Waals surface area contributed by atoms with Gasteiger partial charge in [0.15, 0.2) is 0 Å². The molecule has 0 bridgehead atoms. The number of fused-ring (bicyclic) bond motifs is 1. The van der Waals surface area contributed by atoms with E-state index in [1.165, 1.54) is 27.8 Å². The van der Waals surface area contributed by atoms with Crippen LogP contribution in [0.25, 0.3) is 10.2 Å². The SMILES string of the molecule is CCC(C)c1ccc(C(NC(=O)CCn2cnc3sccc3c2=O)C(C)C)cc1. The van der Waals surface area contributed by atoms with E-state index >= 15 is 0 Å². The Bertz CT molecular complexity index is 1020. The molecule has 3 aromatic rings. The average Bonchev–Trinajstić information content (AvgIpc) is 3.20. The molecule has 3 rings (SSSR count). The molecule has 0 radical (unpaired) electrons. The third-order valence-corrected chi connectivity index (χ3v) is 6.31. The molecule has 0 aliphatic heterocycles. The van der Waals surface area contributed by atoms with E-state index < -0.39 is 0 Å². The predicted molar refractivity (Wildman–Crippen MR) is 119 cm³/mol. The highest BCUT2D eigenvalue weighted by Crippen LogP contribution is 2.25. The Labute approximate surface area is 175 Å². The lowest BCUT2D eigenvalue weighted by atomic mass is 9.92. The highest BCUT2D eigenvalue weighted by molar-refractivity contribution is 7.16. The molecule has 0 saturated heterocycles. The lowest BCUT2D eigenvalue weighted by Gasteiger charge is -2.24. The smallest absolute Gasteiger partial charge is 0.262 e. The fourth-order valence-corrected chi connectivity index (χ4v) is 4.15. The normalized spacial score (nSPS) is 13.6. The third kappa shape index (κ3) is 4.93. The van der Waals surface area contributed by atoms with Crippen LogP contribution in [0.2, 0.25) is 0 Å². The second kappa shape index (κ2) is 9.35. The zero-order valence-corrected chi connectivity index (χ0v) is 18.3. The molecule has 1 amide bonds. The van der Waals surface area contributed by atoms with Crippen molar-refractivity contribution in [1.29, 1.82) is 0 Å². The van der Waals surface area contributed by atoms with E-state index in [0.717, 1.165) is 16.8 Å². The molecule has 2 heterocycles. The zero-order chi connectivity index (χ0) is 21.0. The predicted octanol–water partition coefficient (Wildman–Crippen LogP) is 4.88. The number of aromatic nitrogens is 2. The summed E-state index contributed by atoms with van der Waals surface area (Å²) >= 11 is 1.44. The number of thiophene rings is 1. The van der Waals surface area contributed by atoms with Gasteiger partial charge in [-0.25, -0.2) is 4.98 Å². The van der Waals surface area contributed by atoms with Crippen molar-refractivity contribution < 1.29 is 4.79 Å². The van der Waals surface area contributed by atoms with Crippen molar-refractivity contribution in [3.8, 4) is 0 Å². The van der Waals surface area contributed by atoms with Crippen LogP contribution in [0.1, 0.15) is 63.6 Å². The van der Waals surface area contributed by atoms with Gasteiger partial charge in [-0.05, 0) is 40.8 Å². The summed E-state index contributed by atoms with van der Waals surface area (Å²) in [6.07, 6.45) is 2.88. The number of nitrogens with zero attached hydrogens (tertiary/aromatic N) is 2. The number of rotatable bonds is 8. The van der Waals surface area contributed by atoms with Gasteiger partial charge in [0.25, 0.3) is 5.56 Å². The summed E-state index contributed by atoms with van der Waals surface area (Å²) in [4.78, 5) is 30.1. The van der Waals surface area contributed by atoms with Crippen molar-refractivity contribution >= 4 is 27.5 Å². The van der Waals surface area contributed by atoms with Gasteiger partial charge in [0, 0.05) is 13.0 Å². The van der Waals surface area contributed by atoms with Crippen molar-refractivity contribution in [2.45, 2.75) is 59.0 Å². The monoisotopic (exact) mass is 411 g/mol. The Kier molecular flexibility index (Phi) is 6.85. The summed E-state index contributed by atoms with van der Waals surface area (Å²) in [5.74, 6) is 0.732. The van der Waals surface area contributed by atoms with E-state index in [0.29, 0.717) is 17.8 Å². The number of hydrogen-bond donors (Lipinski definition) is 1. The van der Waals surface area contributed by atoms with E-state index in [9.17, 15) is 9.59 Å². The molecule has 0 fully saturated rings. The molecular weight excluding hydrogens is 382 g/mol. The number of nitrogens with one attached hydrogen (secondary N) is 1. The van der Waals surface area contributed by atoms with Gasteiger partial charge < -0.3 is 5.32 Å². The van der Waals surface area contributed by atoms with Crippen LogP contribution >= 0.6 is 11.3 Å². The van der Waals surface area contributed by atoms with Gasteiger partial charge in [-0.2, -0.15) is 0 Å². The third-order valence-electron chi connectivity index (χ3n) is 5.49. The van der Waals surface area contributed by atoms with Crippen molar-refractivity contribution in [3.05, 3.63) is 63.5 Å². The van der Waals surface area contributed by atoms with Crippen molar-refractivity contribution in [2.75, 3.05) is 0 Å². The minimum absolute atomic E-state index is 0.0531. The van der Waals surface area contributed by atoms with Gasteiger partial charge in [0.2, 0.25) is 5.91 Å². The molecule has 0 saturated carbocycles. The highest BCUT2D eigenvalue weighted by atomic mass is 32.1. The minimum Gasteiger partial charge on any atom is -0.349 e. The number of amides is 1. The number of hydrogen-bond acceptors (Lipinski definition) is 4. The zero-order valence-electron chi connectivity index (χ0n) is 17.5. The lowest BCUT2D eigenvalue weighted by molar-refractivity contribution is -0.122. The minimum atomic E-state index is -0.0925.